The molecule has 2 saturated heterocycles. The molecule has 3 amide bonds. The molecule has 0 saturated carbocycles. The lowest BCUT2D eigenvalue weighted by Gasteiger charge is -2.36. The first-order valence-corrected chi connectivity index (χ1v) is 14.3. The normalized spacial score (nSPS) is 20.7. The van der Waals surface area contributed by atoms with E-state index in [-0.39, 0.29) is 46.6 Å². The number of carbonyl (C=O) groups excluding carboxylic acids is 2. The Morgan fingerprint density at radius 3 is 2.60 bits per heavy atom. The van der Waals surface area contributed by atoms with Crippen LogP contribution in [0.25, 0.3) is 11.3 Å². The molecule has 228 valence electrons. The summed E-state index contributed by atoms with van der Waals surface area (Å²) in [5.74, 6) is -0.303. The minimum absolute atomic E-state index is 0.0283. The molecule has 2 N–H and O–H groups in total. The lowest BCUT2D eigenvalue weighted by atomic mass is 10.0. The van der Waals surface area contributed by atoms with Crippen molar-refractivity contribution in [3.8, 4) is 17.1 Å². The molecule has 2 fully saturated rings. The van der Waals surface area contributed by atoms with Crippen LogP contribution in [0.2, 0.25) is 0 Å². The van der Waals surface area contributed by atoms with E-state index in [0.717, 1.165) is 0 Å². The number of morpholine rings is 1. The highest BCUT2D eigenvalue weighted by molar-refractivity contribution is 6.03. The monoisotopic (exact) mass is 595 g/mol. The van der Waals surface area contributed by atoms with Crippen LogP contribution >= 0.6 is 0 Å². The van der Waals surface area contributed by atoms with Crippen LogP contribution in [0.15, 0.2) is 35.1 Å². The Balaban J connectivity index is 1.42. The van der Waals surface area contributed by atoms with Gasteiger partial charge in [0.25, 0.3) is 5.91 Å². The van der Waals surface area contributed by atoms with Gasteiger partial charge in [0.1, 0.15) is 23.2 Å². The van der Waals surface area contributed by atoms with Gasteiger partial charge in [-0.05, 0) is 45.7 Å². The molecule has 6 rings (SSSR count). The van der Waals surface area contributed by atoms with E-state index in [2.05, 4.69) is 15.8 Å². The van der Waals surface area contributed by atoms with Gasteiger partial charge in [-0.15, -0.1) is 0 Å². The number of fused-ring (bicyclic) bond motifs is 1. The van der Waals surface area contributed by atoms with E-state index in [1.807, 2.05) is 30.6 Å². The van der Waals surface area contributed by atoms with Crippen LogP contribution in [0.3, 0.4) is 0 Å². The largest absolute Gasteiger partial charge is 0.469 e. The van der Waals surface area contributed by atoms with Crippen molar-refractivity contribution in [2.45, 2.75) is 51.3 Å². The van der Waals surface area contributed by atoms with Crippen LogP contribution in [-0.4, -0.2) is 89.2 Å². The molecule has 0 radical (unpaired) electrons. The first kappa shape index (κ1) is 28.8. The van der Waals surface area contributed by atoms with Gasteiger partial charge in [-0.3, -0.25) is 10.1 Å². The summed E-state index contributed by atoms with van der Waals surface area (Å²) < 4.78 is 37.8. The van der Waals surface area contributed by atoms with Crippen molar-refractivity contribution in [2.24, 2.45) is 0 Å². The summed E-state index contributed by atoms with van der Waals surface area (Å²) in [6, 6.07) is 4.94. The van der Waals surface area contributed by atoms with Gasteiger partial charge in [-0.2, -0.15) is 4.98 Å². The van der Waals surface area contributed by atoms with Crippen molar-refractivity contribution < 1.29 is 32.7 Å². The molecular formula is C29H34FN7O6. The predicted octanol–water partition coefficient (Wildman–Crippen LogP) is 3.93. The summed E-state index contributed by atoms with van der Waals surface area (Å²) >= 11 is 0. The second-order valence-corrected chi connectivity index (χ2v) is 11.5. The molecule has 13 nitrogen and oxygen atoms in total. The van der Waals surface area contributed by atoms with E-state index in [1.54, 1.807) is 6.07 Å². The number of benzene rings is 1. The van der Waals surface area contributed by atoms with Crippen LogP contribution in [0.5, 0.6) is 5.88 Å². The zero-order valence-electron chi connectivity index (χ0n) is 24.3. The number of carbonyl (C=O) groups is 2. The number of halogens is 1. The first-order chi connectivity index (χ1) is 20.7. The summed E-state index contributed by atoms with van der Waals surface area (Å²) in [6.07, 6.45) is 2.70. The van der Waals surface area contributed by atoms with Gasteiger partial charge >= 0.3 is 6.03 Å². The van der Waals surface area contributed by atoms with Crippen LogP contribution in [0.4, 0.5) is 26.6 Å². The maximum absolute atomic E-state index is 15.5. The van der Waals surface area contributed by atoms with Crippen LogP contribution < -0.4 is 20.3 Å². The fraction of sp³-hybridized carbons (Fsp3) is 0.483. The third-order valence-electron chi connectivity index (χ3n) is 7.69. The van der Waals surface area contributed by atoms with Gasteiger partial charge in [-0.25, -0.2) is 14.2 Å². The number of hydrogen-bond donors (Lipinski definition) is 2. The molecule has 1 atom stereocenters. The molecule has 3 aliphatic rings. The number of nitrogens with zero attached hydrogens (tertiary/aromatic N) is 5. The highest BCUT2D eigenvalue weighted by Gasteiger charge is 2.41. The lowest BCUT2D eigenvalue weighted by Crippen LogP contribution is -2.49. The Bertz CT molecular complexity index is 1490. The number of hydrogen-bond acceptors (Lipinski definition) is 10. The summed E-state index contributed by atoms with van der Waals surface area (Å²) in [5, 5.41) is 8.53. The maximum Gasteiger partial charge on any atom is 0.325 e. The molecular weight excluding hydrogens is 561 g/mol. The Labute approximate surface area is 247 Å². The Morgan fingerprint density at radius 1 is 1.07 bits per heavy atom. The smallest absolute Gasteiger partial charge is 0.325 e. The predicted molar refractivity (Wildman–Crippen MR) is 154 cm³/mol. The molecule has 0 spiro atoms. The van der Waals surface area contributed by atoms with Crippen molar-refractivity contribution in [2.75, 3.05) is 55.1 Å². The fourth-order valence-corrected chi connectivity index (χ4v) is 5.58. The number of anilines is 3. The summed E-state index contributed by atoms with van der Waals surface area (Å²) in [6.45, 7) is 8.83. The van der Waals surface area contributed by atoms with E-state index in [1.165, 1.54) is 24.5 Å². The van der Waals surface area contributed by atoms with Gasteiger partial charge in [0, 0.05) is 37.4 Å². The highest BCUT2D eigenvalue weighted by Crippen LogP contribution is 2.38. The number of rotatable bonds is 5. The molecule has 0 bridgehead atoms. The molecule has 1 aromatic carbocycles. The molecule has 0 aliphatic carbocycles. The van der Waals surface area contributed by atoms with Gasteiger partial charge in [-0.1, -0.05) is 11.2 Å². The van der Waals surface area contributed by atoms with Gasteiger partial charge in [0.15, 0.2) is 5.82 Å². The summed E-state index contributed by atoms with van der Waals surface area (Å²) in [4.78, 5) is 40.1. The Hall–Kier alpha value is -4.30. The number of ether oxygens (including phenoxy) is 3. The molecule has 43 heavy (non-hydrogen) atoms. The maximum atomic E-state index is 15.5. The Kier molecular flexibility index (Phi) is 7.88. The molecule has 1 unspecified atom stereocenters. The van der Waals surface area contributed by atoms with Gasteiger partial charge in [0.2, 0.25) is 11.8 Å². The standard InChI is InChI=1S/C29H34FN7O6/c1-17-15-41-13-9-36(17)27-33-24(18-4-5-21(20(30)14-18)31-28(39)32-22-8-12-42-35-22)23-25(34-27)43-29(2,3)16-37(26(23)38)19-6-10-40-11-7-19/h4-5,8,12,14,17,19H,6-7,9-11,13,15-16H2,1-3H3,(H2,31,32,35,39). The number of amides is 3. The van der Waals surface area contributed by atoms with Crippen molar-refractivity contribution in [3.05, 3.63) is 41.9 Å². The van der Waals surface area contributed by atoms with Crippen molar-refractivity contribution >= 4 is 29.4 Å². The van der Waals surface area contributed by atoms with Crippen LogP contribution in [0, 0.1) is 5.82 Å². The van der Waals surface area contributed by atoms with Crippen LogP contribution in [0.1, 0.15) is 44.0 Å². The lowest BCUT2D eigenvalue weighted by molar-refractivity contribution is 0.00670. The second kappa shape index (κ2) is 11.8. The van der Waals surface area contributed by atoms with Crippen molar-refractivity contribution in [1.29, 1.82) is 0 Å². The number of aromatic nitrogens is 3. The topological polar surface area (TPSA) is 144 Å². The quantitative estimate of drug-likeness (QED) is 0.445. The molecule has 5 heterocycles. The van der Waals surface area contributed by atoms with Gasteiger partial charge < -0.3 is 33.9 Å². The third-order valence-corrected chi connectivity index (χ3v) is 7.69. The summed E-state index contributed by atoms with van der Waals surface area (Å²) in [7, 11) is 0. The average molecular weight is 596 g/mol. The average Bonchev–Trinajstić information content (AvgIpc) is 3.46. The van der Waals surface area contributed by atoms with E-state index in [9.17, 15) is 9.59 Å². The van der Waals surface area contributed by atoms with Gasteiger partial charge in [0.05, 0.1) is 37.2 Å². The van der Waals surface area contributed by atoms with Crippen LogP contribution in [-0.2, 0) is 9.47 Å². The molecule has 2 aromatic heterocycles. The van der Waals surface area contributed by atoms with Crippen molar-refractivity contribution in [1.82, 2.24) is 20.0 Å². The number of nitrogens with one attached hydrogen (secondary N) is 2. The third kappa shape index (κ3) is 6.11. The second-order valence-electron chi connectivity index (χ2n) is 11.5. The van der Waals surface area contributed by atoms with E-state index in [0.29, 0.717) is 63.9 Å². The molecule has 14 heteroatoms. The molecule has 3 aliphatic heterocycles. The summed E-state index contributed by atoms with van der Waals surface area (Å²) in [5.41, 5.74) is -0.0695. The highest BCUT2D eigenvalue weighted by atomic mass is 19.1. The first-order valence-electron chi connectivity index (χ1n) is 14.3. The van der Waals surface area contributed by atoms with Crippen molar-refractivity contribution in [3.63, 3.8) is 0 Å². The number of urea groups is 1. The van der Waals surface area contributed by atoms with E-state index < -0.39 is 17.4 Å². The Morgan fingerprint density at radius 2 is 1.88 bits per heavy atom. The zero-order valence-corrected chi connectivity index (χ0v) is 24.3. The van der Waals surface area contributed by atoms with E-state index in [4.69, 9.17) is 28.7 Å². The minimum atomic E-state index is -0.755. The zero-order chi connectivity index (χ0) is 30.1. The minimum Gasteiger partial charge on any atom is -0.469 e. The SMILES string of the molecule is CC1COCCN1c1nc2c(c(-c3ccc(NC(=O)Nc4ccon4)c(F)c3)n1)C(=O)N(C1CCOCC1)CC(C)(C)O2. The molecule has 3 aromatic rings. The fourth-order valence-electron chi connectivity index (χ4n) is 5.58. The van der Waals surface area contributed by atoms with E-state index >= 15 is 4.39 Å².